The van der Waals surface area contributed by atoms with Crippen LogP contribution in [-0.2, 0) is 14.4 Å². The molecule has 0 aromatic heterocycles. The Kier molecular flexibility index (Phi) is 9.05. The van der Waals surface area contributed by atoms with E-state index in [1.807, 2.05) is 50.2 Å². The maximum Gasteiger partial charge on any atom is 0.235 e. The Bertz CT molecular complexity index is 1370. The molecule has 3 N–H and O–H groups in total. The van der Waals surface area contributed by atoms with Gasteiger partial charge in [0.15, 0.2) is 0 Å². The standard InChI is InChI=1S/C33H38N2O5/c1-5-6-19-40-24-17-15-23(16-18-24)28-29(31(37)34-25-13-9-7-11-21(25)2)27(36)20-33(4,39)30(28)32(38)35-26-14-10-8-12-22(26)3/h7-18,28-30,39H,5-6,19-20H2,1-4H3,(H,34,37)(H,35,38). The average Bonchev–Trinajstić information content (AvgIpc) is 2.91. The summed E-state index contributed by atoms with van der Waals surface area (Å²) < 4.78 is 5.81. The number of para-hydroxylation sites is 2. The van der Waals surface area contributed by atoms with Gasteiger partial charge in [0, 0.05) is 23.7 Å². The Labute approximate surface area is 236 Å². The number of carbonyl (C=O) groups excluding carboxylic acids is 3. The number of Topliss-reactive ketones (excluding diaryl/α,β-unsaturated/α-hetero) is 1. The van der Waals surface area contributed by atoms with Crippen molar-refractivity contribution in [1.29, 1.82) is 0 Å². The summed E-state index contributed by atoms with van der Waals surface area (Å²) in [6, 6.07) is 21.8. The lowest BCUT2D eigenvalue weighted by atomic mass is 9.61. The van der Waals surface area contributed by atoms with Crippen LogP contribution in [0.5, 0.6) is 5.75 Å². The molecule has 210 valence electrons. The van der Waals surface area contributed by atoms with Crippen molar-refractivity contribution in [2.45, 2.75) is 58.5 Å². The second kappa shape index (κ2) is 12.5. The van der Waals surface area contributed by atoms with Gasteiger partial charge in [-0.15, -0.1) is 0 Å². The number of rotatable bonds is 9. The summed E-state index contributed by atoms with van der Waals surface area (Å²) in [4.78, 5) is 41.2. The third-order valence-corrected chi connectivity index (χ3v) is 7.67. The van der Waals surface area contributed by atoms with Gasteiger partial charge in [0.05, 0.1) is 18.1 Å². The van der Waals surface area contributed by atoms with Gasteiger partial charge in [-0.1, -0.05) is 61.9 Å². The van der Waals surface area contributed by atoms with Crippen LogP contribution in [0.15, 0.2) is 72.8 Å². The van der Waals surface area contributed by atoms with E-state index in [1.165, 1.54) is 6.92 Å². The molecule has 0 heterocycles. The highest BCUT2D eigenvalue weighted by Crippen LogP contribution is 2.47. The number of aliphatic hydroxyl groups is 1. The zero-order valence-electron chi connectivity index (χ0n) is 23.6. The summed E-state index contributed by atoms with van der Waals surface area (Å²) in [5.41, 5.74) is 1.85. The van der Waals surface area contributed by atoms with E-state index in [2.05, 4.69) is 17.6 Å². The minimum absolute atomic E-state index is 0.320. The number of anilines is 2. The maximum absolute atomic E-state index is 13.9. The number of unbranched alkanes of at least 4 members (excludes halogenated alkanes) is 1. The van der Waals surface area contributed by atoms with E-state index in [4.69, 9.17) is 4.74 Å². The molecule has 0 radical (unpaired) electrons. The zero-order valence-corrected chi connectivity index (χ0v) is 23.6. The van der Waals surface area contributed by atoms with E-state index >= 15 is 0 Å². The van der Waals surface area contributed by atoms with Crippen molar-refractivity contribution in [3.8, 4) is 5.75 Å². The normalized spacial score (nSPS) is 22.4. The first-order valence-electron chi connectivity index (χ1n) is 13.8. The van der Waals surface area contributed by atoms with Crippen molar-refractivity contribution in [3.63, 3.8) is 0 Å². The second-order valence-electron chi connectivity index (χ2n) is 10.9. The predicted octanol–water partition coefficient (Wildman–Crippen LogP) is 5.80. The van der Waals surface area contributed by atoms with Crippen molar-refractivity contribution in [2.24, 2.45) is 11.8 Å². The van der Waals surface area contributed by atoms with E-state index in [9.17, 15) is 19.5 Å². The Morgan fingerprint density at radius 3 is 2.00 bits per heavy atom. The highest BCUT2D eigenvalue weighted by Gasteiger charge is 2.56. The van der Waals surface area contributed by atoms with Gasteiger partial charge >= 0.3 is 0 Å². The summed E-state index contributed by atoms with van der Waals surface area (Å²) in [6.07, 6.45) is 1.61. The molecule has 0 saturated heterocycles. The largest absolute Gasteiger partial charge is 0.494 e. The molecule has 0 spiro atoms. The van der Waals surface area contributed by atoms with E-state index in [-0.39, 0.29) is 6.42 Å². The number of nitrogens with one attached hydrogen (secondary N) is 2. The first kappa shape index (κ1) is 29.0. The first-order chi connectivity index (χ1) is 19.1. The molecule has 1 aliphatic rings. The molecule has 3 aromatic rings. The number of ketones is 1. The van der Waals surface area contributed by atoms with Crippen molar-refractivity contribution in [3.05, 3.63) is 89.5 Å². The summed E-state index contributed by atoms with van der Waals surface area (Å²) in [5.74, 6) is -3.87. The van der Waals surface area contributed by atoms with Crippen molar-refractivity contribution >= 4 is 29.0 Å². The van der Waals surface area contributed by atoms with Crippen LogP contribution >= 0.6 is 0 Å². The molecule has 4 unspecified atom stereocenters. The Morgan fingerprint density at radius 2 is 1.45 bits per heavy atom. The fourth-order valence-electron chi connectivity index (χ4n) is 5.46. The van der Waals surface area contributed by atoms with E-state index in [0.717, 1.165) is 24.0 Å². The van der Waals surface area contributed by atoms with Crippen LogP contribution < -0.4 is 15.4 Å². The van der Waals surface area contributed by atoms with Gasteiger partial charge < -0.3 is 20.5 Å². The van der Waals surface area contributed by atoms with Gasteiger partial charge in [0.25, 0.3) is 0 Å². The summed E-state index contributed by atoms with van der Waals surface area (Å²) in [5, 5.41) is 17.4. The Balaban J connectivity index is 1.75. The topological polar surface area (TPSA) is 105 Å². The first-order valence-corrected chi connectivity index (χ1v) is 13.8. The van der Waals surface area contributed by atoms with Crippen LogP contribution in [0, 0.1) is 25.7 Å². The van der Waals surface area contributed by atoms with E-state index in [0.29, 0.717) is 29.3 Å². The molecule has 40 heavy (non-hydrogen) atoms. The molecular weight excluding hydrogens is 504 g/mol. The molecule has 0 bridgehead atoms. The number of benzene rings is 3. The number of aryl methyl sites for hydroxylation is 2. The summed E-state index contributed by atoms with van der Waals surface area (Å²) in [6.45, 7) is 7.91. The number of hydrogen-bond acceptors (Lipinski definition) is 5. The van der Waals surface area contributed by atoms with Gasteiger partial charge in [-0.3, -0.25) is 14.4 Å². The molecule has 7 heteroatoms. The van der Waals surface area contributed by atoms with Gasteiger partial charge in [-0.25, -0.2) is 0 Å². The smallest absolute Gasteiger partial charge is 0.235 e. The van der Waals surface area contributed by atoms with Crippen LogP contribution in [-0.4, -0.2) is 34.9 Å². The predicted molar refractivity (Wildman–Crippen MR) is 156 cm³/mol. The van der Waals surface area contributed by atoms with Crippen molar-refractivity contribution < 1.29 is 24.2 Å². The minimum Gasteiger partial charge on any atom is -0.494 e. The van der Waals surface area contributed by atoms with Gasteiger partial charge in [-0.2, -0.15) is 0 Å². The van der Waals surface area contributed by atoms with Crippen LogP contribution in [0.2, 0.25) is 0 Å². The van der Waals surface area contributed by atoms with E-state index in [1.54, 1.807) is 36.4 Å². The highest BCUT2D eigenvalue weighted by molar-refractivity contribution is 6.10. The summed E-state index contributed by atoms with van der Waals surface area (Å²) in [7, 11) is 0. The number of ether oxygens (including phenoxy) is 1. The van der Waals surface area contributed by atoms with Crippen LogP contribution in [0.1, 0.15) is 55.7 Å². The lowest BCUT2D eigenvalue weighted by Crippen LogP contribution is -2.56. The molecular formula is C33H38N2O5. The second-order valence-corrected chi connectivity index (χ2v) is 10.9. The highest BCUT2D eigenvalue weighted by atomic mass is 16.5. The monoisotopic (exact) mass is 542 g/mol. The molecule has 3 aromatic carbocycles. The Hall–Kier alpha value is -3.97. The molecule has 4 atom stereocenters. The lowest BCUT2D eigenvalue weighted by Gasteiger charge is -2.44. The fourth-order valence-corrected chi connectivity index (χ4v) is 5.46. The lowest BCUT2D eigenvalue weighted by molar-refractivity contribution is -0.150. The number of carbonyl (C=O) groups is 3. The molecule has 1 saturated carbocycles. The molecule has 1 aliphatic carbocycles. The van der Waals surface area contributed by atoms with Crippen molar-refractivity contribution in [1.82, 2.24) is 0 Å². The Morgan fingerprint density at radius 1 is 0.900 bits per heavy atom. The molecule has 4 rings (SSSR count). The maximum atomic E-state index is 13.9. The zero-order chi connectivity index (χ0) is 28.9. The van der Waals surface area contributed by atoms with Crippen LogP contribution in [0.3, 0.4) is 0 Å². The quantitative estimate of drug-likeness (QED) is 0.234. The molecule has 7 nitrogen and oxygen atoms in total. The average molecular weight is 543 g/mol. The van der Waals surface area contributed by atoms with Gasteiger partial charge in [0.2, 0.25) is 11.8 Å². The summed E-state index contributed by atoms with van der Waals surface area (Å²) >= 11 is 0. The fraction of sp³-hybridized carbons (Fsp3) is 0.364. The number of amides is 2. The third-order valence-electron chi connectivity index (χ3n) is 7.67. The minimum atomic E-state index is -1.68. The molecule has 1 fully saturated rings. The third kappa shape index (κ3) is 6.42. The van der Waals surface area contributed by atoms with Crippen molar-refractivity contribution in [2.75, 3.05) is 17.2 Å². The van der Waals surface area contributed by atoms with E-state index < -0.39 is 41.0 Å². The SMILES string of the molecule is CCCCOc1ccc(C2C(C(=O)Nc3ccccc3C)C(=O)CC(C)(O)C2C(=O)Nc2ccccc2C)cc1. The van der Waals surface area contributed by atoms with Crippen LogP contribution in [0.25, 0.3) is 0 Å². The van der Waals surface area contributed by atoms with Gasteiger partial charge in [0.1, 0.15) is 17.5 Å². The molecule has 0 aliphatic heterocycles. The van der Waals surface area contributed by atoms with Gasteiger partial charge in [-0.05, 0) is 68.1 Å². The van der Waals surface area contributed by atoms with Crippen LogP contribution in [0.4, 0.5) is 11.4 Å². The number of hydrogen-bond donors (Lipinski definition) is 3. The molecule has 2 amide bonds.